The van der Waals surface area contributed by atoms with E-state index in [9.17, 15) is 0 Å². The molecule has 0 atom stereocenters. The second-order valence-electron chi connectivity index (χ2n) is 6.13. The van der Waals surface area contributed by atoms with Crippen LogP contribution in [-0.2, 0) is 0 Å². The zero-order valence-electron chi connectivity index (χ0n) is 15.5. The smallest absolute Gasteiger partial charge is 0.150 e. The molecule has 0 bridgehead atoms. The number of hydrogen-bond donors (Lipinski definition) is 1. The Labute approximate surface area is 148 Å². The van der Waals surface area contributed by atoms with Crippen LogP contribution in [0.2, 0.25) is 0 Å². The van der Waals surface area contributed by atoms with E-state index in [1.54, 1.807) is 18.7 Å². The lowest BCUT2D eigenvalue weighted by atomic mass is 10.2. The first kappa shape index (κ1) is 17.4. The minimum atomic E-state index is 0.868. The van der Waals surface area contributed by atoms with E-state index in [-0.39, 0.29) is 0 Å². The Balaban J connectivity index is 1.97. The molecule has 0 unspecified atom stereocenters. The van der Waals surface area contributed by atoms with Crippen LogP contribution in [0.15, 0.2) is 30.9 Å². The van der Waals surface area contributed by atoms with Crippen molar-refractivity contribution in [2.24, 2.45) is 0 Å². The van der Waals surface area contributed by atoms with Crippen LogP contribution < -0.4 is 5.32 Å². The molecule has 0 radical (unpaired) electrons. The molecule has 0 saturated heterocycles. The molecule has 3 heterocycles. The molecule has 0 spiro atoms. The molecule has 3 aromatic heterocycles. The van der Waals surface area contributed by atoms with Gasteiger partial charge in [-0.25, -0.2) is 9.97 Å². The van der Waals surface area contributed by atoms with Gasteiger partial charge in [-0.05, 0) is 44.6 Å². The van der Waals surface area contributed by atoms with Crippen molar-refractivity contribution in [2.75, 3.05) is 31.5 Å². The summed E-state index contributed by atoms with van der Waals surface area (Å²) in [6.45, 7) is 12.6. The van der Waals surface area contributed by atoms with Gasteiger partial charge < -0.3 is 10.2 Å². The fraction of sp³-hybridized carbons (Fsp3) is 0.421. The lowest BCUT2D eigenvalue weighted by Gasteiger charge is -2.18. The Morgan fingerprint density at radius 1 is 1.08 bits per heavy atom. The number of hydrogen-bond acceptors (Lipinski definition) is 5. The van der Waals surface area contributed by atoms with Gasteiger partial charge in [-0.15, -0.1) is 0 Å². The van der Waals surface area contributed by atoms with Crippen molar-refractivity contribution >= 4 is 16.9 Å². The van der Waals surface area contributed by atoms with Crippen molar-refractivity contribution in [2.45, 2.75) is 27.7 Å². The number of likely N-dealkylation sites (N-methyl/N-ethyl adjacent to an activating group) is 1. The highest BCUT2D eigenvalue weighted by Gasteiger charge is 2.17. The first-order chi connectivity index (χ1) is 12.2. The summed E-state index contributed by atoms with van der Waals surface area (Å²) in [7, 11) is 0. The van der Waals surface area contributed by atoms with Crippen molar-refractivity contribution in [1.29, 1.82) is 0 Å². The van der Waals surface area contributed by atoms with E-state index < -0.39 is 0 Å². The van der Waals surface area contributed by atoms with Crippen LogP contribution in [0.1, 0.15) is 25.1 Å². The summed E-state index contributed by atoms with van der Waals surface area (Å²) >= 11 is 0. The largest absolute Gasteiger partial charge is 0.368 e. The molecule has 0 aromatic carbocycles. The highest BCUT2D eigenvalue weighted by Crippen LogP contribution is 2.30. The zero-order valence-corrected chi connectivity index (χ0v) is 15.5. The highest BCUT2D eigenvalue weighted by molar-refractivity contribution is 5.93. The molecule has 6 nitrogen and oxygen atoms in total. The standard InChI is InChI=1S/C19H26N6/c1-5-24(6-2)12-11-21-18-17-14(3)15(4)25(19(17)23-13-22-18)16-7-9-20-10-8-16/h7-10,13H,5-6,11-12H2,1-4H3,(H,21,22,23). The van der Waals surface area contributed by atoms with Gasteiger partial charge in [0.25, 0.3) is 0 Å². The molecule has 0 amide bonds. The number of aryl methyl sites for hydroxylation is 1. The maximum atomic E-state index is 4.56. The number of anilines is 1. The molecule has 132 valence electrons. The number of nitrogens with zero attached hydrogens (tertiary/aromatic N) is 5. The number of nitrogens with one attached hydrogen (secondary N) is 1. The van der Waals surface area contributed by atoms with E-state index in [1.807, 2.05) is 12.1 Å². The number of pyridine rings is 1. The average Bonchev–Trinajstić information content (AvgIpc) is 2.91. The minimum absolute atomic E-state index is 0.868. The van der Waals surface area contributed by atoms with Gasteiger partial charge >= 0.3 is 0 Å². The van der Waals surface area contributed by atoms with Crippen molar-refractivity contribution < 1.29 is 0 Å². The Hall–Kier alpha value is -2.47. The number of fused-ring (bicyclic) bond motifs is 1. The van der Waals surface area contributed by atoms with Crippen LogP contribution in [0.5, 0.6) is 0 Å². The van der Waals surface area contributed by atoms with Gasteiger partial charge in [-0.3, -0.25) is 9.55 Å². The average molecular weight is 338 g/mol. The molecule has 25 heavy (non-hydrogen) atoms. The van der Waals surface area contributed by atoms with Gasteiger partial charge in [0.2, 0.25) is 0 Å². The first-order valence-electron chi connectivity index (χ1n) is 8.86. The topological polar surface area (TPSA) is 58.9 Å². The van der Waals surface area contributed by atoms with Gasteiger partial charge in [0.05, 0.1) is 11.1 Å². The monoisotopic (exact) mass is 338 g/mol. The van der Waals surface area contributed by atoms with Crippen molar-refractivity contribution in [1.82, 2.24) is 24.4 Å². The number of rotatable bonds is 7. The highest BCUT2D eigenvalue weighted by atomic mass is 15.1. The second-order valence-corrected chi connectivity index (χ2v) is 6.13. The normalized spacial score (nSPS) is 11.4. The molecule has 0 aliphatic carbocycles. The molecule has 3 aromatic rings. The number of aromatic nitrogens is 4. The van der Waals surface area contributed by atoms with Gasteiger partial charge in [-0.1, -0.05) is 13.8 Å². The third kappa shape index (κ3) is 3.35. The van der Waals surface area contributed by atoms with Crippen molar-refractivity contribution in [3.05, 3.63) is 42.1 Å². The SMILES string of the molecule is CCN(CC)CCNc1ncnc2c1c(C)c(C)n2-c1ccncc1. The van der Waals surface area contributed by atoms with E-state index in [2.05, 4.69) is 57.4 Å². The predicted octanol–water partition coefficient (Wildman–Crippen LogP) is 3.19. The quantitative estimate of drug-likeness (QED) is 0.717. The lowest BCUT2D eigenvalue weighted by molar-refractivity contribution is 0.316. The van der Waals surface area contributed by atoms with Gasteiger partial charge in [-0.2, -0.15) is 0 Å². The zero-order chi connectivity index (χ0) is 17.8. The van der Waals surface area contributed by atoms with Crippen LogP contribution in [0.25, 0.3) is 16.7 Å². The van der Waals surface area contributed by atoms with Gasteiger partial charge in [0, 0.05) is 31.2 Å². The maximum absolute atomic E-state index is 4.56. The summed E-state index contributed by atoms with van der Waals surface area (Å²) in [6, 6.07) is 4.00. The molecule has 0 aliphatic rings. The van der Waals surface area contributed by atoms with E-state index in [1.165, 1.54) is 11.3 Å². The summed E-state index contributed by atoms with van der Waals surface area (Å²) < 4.78 is 2.17. The molecule has 0 fully saturated rings. The van der Waals surface area contributed by atoms with Crippen LogP contribution in [0.3, 0.4) is 0 Å². The van der Waals surface area contributed by atoms with Crippen LogP contribution in [-0.4, -0.2) is 50.6 Å². The Bertz CT molecular complexity index is 836. The first-order valence-corrected chi connectivity index (χ1v) is 8.86. The fourth-order valence-corrected chi connectivity index (χ4v) is 3.21. The molecule has 6 heteroatoms. The third-order valence-electron chi connectivity index (χ3n) is 4.83. The minimum Gasteiger partial charge on any atom is -0.368 e. The lowest BCUT2D eigenvalue weighted by Crippen LogP contribution is -2.28. The molecule has 0 aliphatic heterocycles. The van der Waals surface area contributed by atoms with Crippen LogP contribution >= 0.6 is 0 Å². The second kappa shape index (κ2) is 7.61. The van der Waals surface area contributed by atoms with E-state index in [0.29, 0.717) is 0 Å². The summed E-state index contributed by atoms with van der Waals surface area (Å²) in [5.41, 5.74) is 4.38. The summed E-state index contributed by atoms with van der Waals surface area (Å²) in [5, 5.41) is 4.60. The molecular formula is C19H26N6. The van der Waals surface area contributed by atoms with Crippen LogP contribution in [0, 0.1) is 13.8 Å². The molecular weight excluding hydrogens is 312 g/mol. The fourth-order valence-electron chi connectivity index (χ4n) is 3.21. The molecule has 1 N–H and O–H groups in total. The maximum Gasteiger partial charge on any atom is 0.150 e. The van der Waals surface area contributed by atoms with E-state index in [4.69, 9.17) is 0 Å². The Morgan fingerprint density at radius 2 is 1.80 bits per heavy atom. The predicted molar refractivity (Wildman–Crippen MR) is 102 cm³/mol. The summed E-state index contributed by atoms with van der Waals surface area (Å²) in [5.74, 6) is 0.908. The Morgan fingerprint density at radius 3 is 2.48 bits per heavy atom. The third-order valence-corrected chi connectivity index (χ3v) is 4.83. The molecule has 0 saturated carbocycles. The van der Waals surface area contributed by atoms with Gasteiger partial charge in [0.15, 0.2) is 5.65 Å². The van der Waals surface area contributed by atoms with Gasteiger partial charge in [0.1, 0.15) is 12.1 Å². The Kier molecular flexibility index (Phi) is 5.28. The summed E-state index contributed by atoms with van der Waals surface area (Å²) in [4.78, 5) is 15.6. The van der Waals surface area contributed by atoms with Crippen molar-refractivity contribution in [3.8, 4) is 5.69 Å². The van der Waals surface area contributed by atoms with Crippen LogP contribution in [0.4, 0.5) is 5.82 Å². The van der Waals surface area contributed by atoms with Crippen molar-refractivity contribution in [3.63, 3.8) is 0 Å². The van der Waals surface area contributed by atoms with E-state index in [0.717, 1.165) is 48.7 Å². The van der Waals surface area contributed by atoms with E-state index >= 15 is 0 Å². The molecule has 3 rings (SSSR count). The summed E-state index contributed by atoms with van der Waals surface area (Å²) in [6.07, 6.45) is 5.25.